The van der Waals surface area contributed by atoms with Gasteiger partial charge in [0.2, 0.25) is 5.91 Å². The average molecular weight is 199 g/mol. The van der Waals surface area contributed by atoms with Gasteiger partial charge in [-0.25, -0.2) is 0 Å². The number of carbonyl (C=O) groups excluding carboxylic acids is 1. The molecule has 0 bridgehead atoms. The molecule has 5 heteroatoms. The second-order valence-electron chi connectivity index (χ2n) is 3.56. The highest BCUT2D eigenvalue weighted by atomic mass is 16.4. The number of hydrogen-bond donors (Lipinski definition) is 2. The summed E-state index contributed by atoms with van der Waals surface area (Å²) in [5.41, 5.74) is 5.28. The van der Waals surface area contributed by atoms with Crippen LogP contribution in [0.4, 0.5) is 0 Å². The van der Waals surface area contributed by atoms with Gasteiger partial charge < -0.3 is 15.8 Å². The first-order valence-electron chi connectivity index (χ1n) is 4.95. The van der Waals surface area contributed by atoms with Crippen LogP contribution in [0.15, 0.2) is 5.16 Å². The maximum absolute atomic E-state index is 11.6. The summed E-state index contributed by atoms with van der Waals surface area (Å²) in [6.07, 6.45) is 3.12. The molecular formula is C9H17N3O2. The van der Waals surface area contributed by atoms with Crippen molar-refractivity contribution in [3.63, 3.8) is 0 Å². The summed E-state index contributed by atoms with van der Waals surface area (Å²) in [7, 11) is 0. The molecule has 0 radical (unpaired) electrons. The largest absolute Gasteiger partial charge is 0.409 e. The van der Waals surface area contributed by atoms with E-state index in [4.69, 9.17) is 10.9 Å². The molecule has 1 saturated heterocycles. The Bertz CT molecular complexity index is 240. The summed E-state index contributed by atoms with van der Waals surface area (Å²) in [5, 5.41) is 11.1. The van der Waals surface area contributed by atoms with Crippen LogP contribution in [-0.2, 0) is 4.79 Å². The monoisotopic (exact) mass is 199 g/mol. The lowest BCUT2D eigenvalue weighted by atomic mass is 10.1. The molecule has 1 rings (SSSR count). The Morgan fingerprint density at radius 2 is 2.43 bits per heavy atom. The SMILES string of the molecule is CCC1CCCN1C(=O)C/C(N)=N/O. The summed E-state index contributed by atoms with van der Waals surface area (Å²) < 4.78 is 0. The highest BCUT2D eigenvalue weighted by Gasteiger charge is 2.27. The predicted molar refractivity (Wildman–Crippen MR) is 53.1 cm³/mol. The number of likely N-dealkylation sites (tertiary alicyclic amines) is 1. The van der Waals surface area contributed by atoms with Gasteiger partial charge in [-0.3, -0.25) is 4.79 Å². The number of amidine groups is 1. The Labute approximate surface area is 83.6 Å². The molecule has 80 valence electrons. The third kappa shape index (κ3) is 2.37. The molecule has 1 heterocycles. The van der Waals surface area contributed by atoms with Gasteiger partial charge in [-0.05, 0) is 19.3 Å². The van der Waals surface area contributed by atoms with E-state index in [0.29, 0.717) is 6.04 Å². The normalized spacial score (nSPS) is 22.8. The van der Waals surface area contributed by atoms with Crippen molar-refractivity contribution < 1.29 is 10.0 Å². The molecule has 0 aromatic rings. The number of oxime groups is 1. The summed E-state index contributed by atoms with van der Waals surface area (Å²) >= 11 is 0. The molecule has 1 aliphatic heterocycles. The Hall–Kier alpha value is -1.26. The van der Waals surface area contributed by atoms with E-state index in [9.17, 15) is 4.79 Å². The highest BCUT2D eigenvalue weighted by Crippen LogP contribution is 2.20. The van der Waals surface area contributed by atoms with Crippen molar-refractivity contribution in [2.45, 2.75) is 38.6 Å². The molecule has 0 saturated carbocycles. The van der Waals surface area contributed by atoms with E-state index in [2.05, 4.69) is 12.1 Å². The molecule has 0 aromatic carbocycles. The zero-order valence-electron chi connectivity index (χ0n) is 8.44. The Morgan fingerprint density at radius 1 is 1.71 bits per heavy atom. The maximum Gasteiger partial charge on any atom is 0.230 e. The molecule has 3 N–H and O–H groups in total. The van der Waals surface area contributed by atoms with E-state index in [1.54, 1.807) is 0 Å². The lowest BCUT2D eigenvalue weighted by Crippen LogP contribution is -2.37. The van der Waals surface area contributed by atoms with E-state index < -0.39 is 0 Å². The highest BCUT2D eigenvalue weighted by molar-refractivity contribution is 5.98. The van der Waals surface area contributed by atoms with Crippen LogP contribution in [0.1, 0.15) is 32.6 Å². The summed E-state index contributed by atoms with van der Waals surface area (Å²) in [4.78, 5) is 13.5. The third-order valence-electron chi connectivity index (χ3n) is 2.63. The maximum atomic E-state index is 11.6. The first kappa shape index (κ1) is 10.8. The van der Waals surface area contributed by atoms with Gasteiger partial charge in [-0.1, -0.05) is 12.1 Å². The Kier molecular flexibility index (Phi) is 3.73. The van der Waals surface area contributed by atoms with Gasteiger partial charge in [-0.2, -0.15) is 0 Å². The standard InChI is InChI=1S/C9H17N3O2/c1-2-7-4-3-5-12(7)9(13)6-8(10)11-14/h7,14H,2-6H2,1H3,(H2,10,11). The van der Waals surface area contributed by atoms with Crippen LogP contribution in [0.3, 0.4) is 0 Å². The zero-order chi connectivity index (χ0) is 10.6. The number of carbonyl (C=O) groups is 1. The van der Waals surface area contributed by atoms with Crippen molar-refractivity contribution in [2.75, 3.05) is 6.54 Å². The number of nitrogens with two attached hydrogens (primary N) is 1. The number of nitrogens with zero attached hydrogens (tertiary/aromatic N) is 2. The van der Waals surface area contributed by atoms with Gasteiger partial charge in [0.15, 0.2) is 0 Å². The van der Waals surface area contributed by atoms with Crippen molar-refractivity contribution >= 4 is 11.7 Å². The minimum atomic E-state index is -0.0374. The van der Waals surface area contributed by atoms with Crippen molar-refractivity contribution in [2.24, 2.45) is 10.9 Å². The molecule has 5 nitrogen and oxygen atoms in total. The molecule has 14 heavy (non-hydrogen) atoms. The van der Waals surface area contributed by atoms with Crippen molar-refractivity contribution in [3.8, 4) is 0 Å². The van der Waals surface area contributed by atoms with Crippen LogP contribution in [0, 0.1) is 0 Å². The summed E-state index contributed by atoms with van der Waals surface area (Å²) in [6, 6.07) is 0.342. The minimum Gasteiger partial charge on any atom is -0.409 e. The first-order valence-corrected chi connectivity index (χ1v) is 4.95. The fourth-order valence-electron chi connectivity index (χ4n) is 1.88. The van der Waals surface area contributed by atoms with Gasteiger partial charge in [0.1, 0.15) is 5.84 Å². The second-order valence-corrected chi connectivity index (χ2v) is 3.56. The quantitative estimate of drug-likeness (QED) is 0.301. The lowest BCUT2D eigenvalue weighted by molar-refractivity contribution is -0.130. The van der Waals surface area contributed by atoms with Crippen molar-refractivity contribution in [1.29, 1.82) is 0 Å². The van der Waals surface area contributed by atoms with E-state index in [-0.39, 0.29) is 18.2 Å². The first-order chi connectivity index (χ1) is 6.69. The van der Waals surface area contributed by atoms with Crippen molar-refractivity contribution in [3.05, 3.63) is 0 Å². The molecule has 1 unspecified atom stereocenters. The molecule has 0 spiro atoms. The predicted octanol–water partition coefficient (Wildman–Crippen LogP) is 0.524. The van der Waals surface area contributed by atoms with E-state index >= 15 is 0 Å². The van der Waals surface area contributed by atoms with Gasteiger partial charge in [-0.15, -0.1) is 0 Å². The second kappa shape index (κ2) is 4.83. The lowest BCUT2D eigenvalue weighted by Gasteiger charge is -2.23. The number of rotatable bonds is 3. The van der Waals surface area contributed by atoms with Crippen LogP contribution in [0.25, 0.3) is 0 Å². The Balaban J connectivity index is 2.51. The van der Waals surface area contributed by atoms with Crippen LogP contribution in [0.5, 0.6) is 0 Å². The molecular weight excluding hydrogens is 182 g/mol. The van der Waals surface area contributed by atoms with E-state index in [0.717, 1.165) is 25.8 Å². The molecule has 1 atom stereocenters. The smallest absolute Gasteiger partial charge is 0.230 e. The van der Waals surface area contributed by atoms with Gasteiger partial charge in [0.05, 0.1) is 6.42 Å². The topological polar surface area (TPSA) is 78.9 Å². The van der Waals surface area contributed by atoms with Crippen LogP contribution in [0.2, 0.25) is 0 Å². The number of hydrogen-bond acceptors (Lipinski definition) is 3. The molecule has 1 fully saturated rings. The zero-order valence-corrected chi connectivity index (χ0v) is 8.44. The number of amides is 1. The van der Waals surface area contributed by atoms with E-state index in [1.165, 1.54) is 0 Å². The molecule has 1 aliphatic rings. The summed E-state index contributed by atoms with van der Waals surface area (Å²) in [5.74, 6) is -0.0543. The molecule has 0 aliphatic carbocycles. The fraction of sp³-hybridized carbons (Fsp3) is 0.778. The average Bonchev–Trinajstić information content (AvgIpc) is 2.65. The van der Waals surface area contributed by atoms with E-state index in [1.807, 2.05) is 4.90 Å². The third-order valence-corrected chi connectivity index (χ3v) is 2.63. The van der Waals surface area contributed by atoms with Crippen LogP contribution in [-0.4, -0.2) is 34.4 Å². The molecule has 0 aromatic heterocycles. The van der Waals surface area contributed by atoms with Crippen LogP contribution >= 0.6 is 0 Å². The van der Waals surface area contributed by atoms with Gasteiger partial charge >= 0.3 is 0 Å². The minimum absolute atomic E-state index is 0.0169. The molecule has 1 amide bonds. The summed E-state index contributed by atoms with van der Waals surface area (Å²) in [6.45, 7) is 2.87. The van der Waals surface area contributed by atoms with Gasteiger partial charge in [0, 0.05) is 12.6 Å². The van der Waals surface area contributed by atoms with Crippen molar-refractivity contribution in [1.82, 2.24) is 4.90 Å². The Morgan fingerprint density at radius 3 is 3.00 bits per heavy atom. The van der Waals surface area contributed by atoms with Crippen LogP contribution < -0.4 is 5.73 Å². The fourth-order valence-corrected chi connectivity index (χ4v) is 1.88. The van der Waals surface area contributed by atoms with Gasteiger partial charge in [0.25, 0.3) is 0 Å².